The Bertz CT molecular complexity index is 980. The number of carbonyl (C=O) groups is 4. The van der Waals surface area contributed by atoms with Crippen LogP contribution < -0.4 is 10.6 Å². The molecular formula is C23H38N4O7S3. The molecule has 1 atom stereocenters. The molecule has 37 heavy (non-hydrogen) atoms. The molecule has 0 saturated carbocycles. The zero-order chi connectivity index (χ0) is 27.7. The molecule has 1 saturated heterocycles. The van der Waals surface area contributed by atoms with E-state index in [0.29, 0.717) is 41.2 Å². The first kappa shape index (κ1) is 31.4. The molecule has 1 unspecified atom stereocenters. The van der Waals surface area contributed by atoms with Gasteiger partial charge in [-0.1, -0.05) is 61.4 Å². The van der Waals surface area contributed by atoms with Crippen molar-refractivity contribution in [2.24, 2.45) is 15.2 Å². The Hall–Kier alpha value is -1.77. The Morgan fingerprint density at radius 2 is 1.65 bits per heavy atom. The van der Waals surface area contributed by atoms with Gasteiger partial charge in [-0.15, -0.1) is 9.43 Å². The fourth-order valence-corrected chi connectivity index (χ4v) is 8.70. The Kier molecular flexibility index (Phi) is 11.8. The third-order valence-electron chi connectivity index (χ3n) is 5.37. The smallest absolute Gasteiger partial charge is 0.349 e. The predicted molar refractivity (Wildman–Crippen MR) is 146 cm³/mol. The van der Waals surface area contributed by atoms with Crippen molar-refractivity contribution in [3.8, 4) is 0 Å². The number of urea groups is 1. The summed E-state index contributed by atoms with van der Waals surface area (Å²) < 4.78 is 17.4. The maximum atomic E-state index is 13.4. The standard InChI is InChI=1S/C23H38N4O7S3/c1-22(2)9-10-23(3,4)16-37(33,15-22)26-21(32)25-12-14-36-35-13-11-24-17(28)5-8-20(31)34-27-18(29)6-7-19(27)30/h9-10,18,29H,5-8,11-16H2,1-4H3,(H,24,28)(H,25,32). The van der Waals surface area contributed by atoms with E-state index in [4.69, 9.17) is 4.84 Å². The van der Waals surface area contributed by atoms with Gasteiger partial charge in [-0.2, -0.15) is 0 Å². The normalized spacial score (nSPS) is 21.7. The van der Waals surface area contributed by atoms with E-state index in [9.17, 15) is 28.5 Å². The summed E-state index contributed by atoms with van der Waals surface area (Å²) in [4.78, 5) is 52.2. The van der Waals surface area contributed by atoms with Crippen LogP contribution in [0.4, 0.5) is 4.79 Å². The molecule has 1 fully saturated rings. The van der Waals surface area contributed by atoms with Gasteiger partial charge in [-0.25, -0.2) is 13.8 Å². The van der Waals surface area contributed by atoms with Crippen molar-refractivity contribution in [1.82, 2.24) is 15.7 Å². The monoisotopic (exact) mass is 578 g/mol. The molecule has 0 aromatic heterocycles. The number of rotatable bonds is 11. The molecule has 0 bridgehead atoms. The third kappa shape index (κ3) is 11.7. The van der Waals surface area contributed by atoms with Crippen molar-refractivity contribution >= 4 is 55.1 Å². The molecule has 11 nitrogen and oxygen atoms in total. The lowest BCUT2D eigenvalue weighted by Crippen LogP contribution is -2.35. The summed E-state index contributed by atoms with van der Waals surface area (Å²) in [6.45, 7) is 8.75. The van der Waals surface area contributed by atoms with Gasteiger partial charge >= 0.3 is 12.0 Å². The van der Waals surface area contributed by atoms with E-state index in [1.165, 1.54) is 21.6 Å². The predicted octanol–water partition coefficient (Wildman–Crippen LogP) is 2.46. The summed E-state index contributed by atoms with van der Waals surface area (Å²) in [6, 6.07) is -0.557. The van der Waals surface area contributed by atoms with Gasteiger partial charge < -0.3 is 20.6 Å². The maximum Gasteiger partial charge on any atom is 0.349 e. The van der Waals surface area contributed by atoms with E-state index in [0.717, 1.165) is 0 Å². The fourth-order valence-electron chi connectivity index (χ4n) is 3.78. The van der Waals surface area contributed by atoms with Crippen molar-refractivity contribution in [3.05, 3.63) is 12.2 Å². The lowest BCUT2D eigenvalue weighted by Gasteiger charge is -2.22. The first-order chi connectivity index (χ1) is 17.2. The molecule has 14 heteroatoms. The summed E-state index contributed by atoms with van der Waals surface area (Å²) in [5, 5.41) is 15.6. The Morgan fingerprint density at radius 3 is 2.19 bits per heavy atom. The van der Waals surface area contributed by atoms with E-state index in [-0.39, 0.29) is 42.4 Å². The van der Waals surface area contributed by atoms with Crippen LogP contribution in [0.15, 0.2) is 16.5 Å². The van der Waals surface area contributed by atoms with Crippen molar-refractivity contribution in [3.63, 3.8) is 0 Å². The minimum atomic E-state index is -2.68. The number of amides is 4. The molecule has 4 amide bonds. The summed E-state index contributed by atoms with van der Waals surface area (Å²) >= 11 is 0. The highest BCUT2D eigenvalue weighted by molar-refractivity contribution is 8.76. The van der Waals surface area contributed by atoms with Gasteiger partial charge in [0.1, 0.15) is 0 Å². The molecule has 0 radical (unpaired) electrons. The second kappa shape index (κ2) is 13.9. The van der Waals surface area contributed by atoms with Crippen LogP contribution >= 0.6 is 21.6 Å². The Balaban J connectivity index is 1.56. The van der Waals surface area contributed by atoms with E-state index in [1.54, 1.807) is 0 Å². The second-order valence-electron chi connectivity index (χ2n) is 10.4. The number of nitrogens with one attached hydrogen (secondary N) is 2. The zero-order valence-electron chi connectivity index (χ0n) is 21.8. The van der Waals surface area contributed by atoms with Crippen molar-refractivity contribution in [1.29, 1.82) is 0 Å². The largest absolute Gasteiger partial charge is 0.370 e. The summed E-state index contributed by atoms with van der Waals surface area (Å²) in [5.41, 5.74) is -0.588. The molecule has 2 aliphatic rings. The highest BCUT2D eigenvalue weighted by atomic mass is 33.1. The van der Waals surface area contributed by atoms with Gasteiger partial charge in [0.2, 0.25) is 5.91 Å². The number of allylic oxidation sites excluding steroid dienone is 2. The van der Waals surface area contributed by atoms with E-state index < -0.39 is 33.9 Å². The third-order valence-corrected chi connectivity index (χ3v) is 10.7. The molecule has 210 valence electrons. The molecule has 0 aromatic carbocycles. The molecule has 0 aliphatic carbocycles. The second-order valence-corrected chi connectivity index (χ2v) is 15.4. The van der Waals surface area contributed by atoms with Gasteiger partial charge in [0.15, 0.2) is 6.23 Å². The van der Waals surface area contributed by atoms with Crippen LogP contribution in [0.1, 0.15) is 53.4 Å². The SMILES string of the molecule is CC1(C)C=CC(C)(C)CS(=O)(=NC(=O)NCCSSCCNC(=O)CCC(=O)ON2C(=O)CCC2O)C1. The fraction of sp³-hybridized carbons (Fsp3) is 0.739. The maximum absolute atomic E-state index is 13.4. The number of aliphatic hydroxyl groups is 1. The van der Waals surface area contributed by atoms with Crippen LogP contribution in [0.3, 0.4) is 0 Å². The van der Waals surface area contributed by atoms with Crippen LogP contribution in [-0.4, -0.2) is 80.5 Å². The number of hydroxylamine groups is 2. The molecule has 0 aromatic rings. The zero-order valence-corrected chi connectivity index (χ0v) is 24.3. The molecule has 0 spiro atoms. The van der Waals surface area contributed by atoms with E-state index in [2.05, 4.69) is 27.1 Å². The number of nitrogens with zero attached hydrogens (tertiary/aromatic N) is 2. The minimum Gasteiger partial charge on any atom is -0.370 e. The Labute approximate surface area is 226 Å². The summed E-state index contributed by atoms with van der Waals surface area (Å²) in [6.07, 6.45) is 3.02. The molecular weight excluding hydrogens is 540 g/mol. The van der Waals surface area contributed by atoms with Crippen LogP contribution in [0, 0.1) is 10.8 Å². The number of hydrogen-bond acceptors (Lipinski definition) is 9. The number of hydrogen-bond donors (Lipinski definition) is 3. The molecule has 2 heterocycles. The van der Waals surface area contributed by atoms with Crippen molar-refractivity contribution in [2.75, 3.05) is 36.1 Å². The van der Waals surface area contributed by atoms with E-state index >= 15 is 0 Å². The van der Waals surface area contributed by atoms with Crippen LogP contribution in [0.25, 0.3) is 0 Å². The first-order valence-corrected chi connectivity index (χ1v) is 16.5. The highest BCUT2D eigenvalue weighted by Gasteiger charge is 2.33. The van der Waals surface area contributed by atoms with Gasteiger partial charge in [-0.05, 0) is 10.8 Å². The lowest BCUT2D eigenvalue weighted by molar-refractivity contribution is -0.220. The van der Waals surface area contributed by atoms with Crippen LogP contribution in [0.2, 0.25) is 0 Å². The topological polar surface area (TPSA) is 154 Å². The van der Waals surface area contributed by atoms with Crippen molar-refractivity contribution < 1.29 is 33.3 Å². The van der Waals surface area contributed by atoms with Gasteiger partial charge in [0, 0.05) is 55.4 Å². The number of carbonyl (C=O) groups excluding carboxylic acids is 4. The average molecular weight is 579 g/mol. The van der Waals surface area contributed by atoms with Gasteiger partial charge in [-0.3, -0.25) is 9.59 Å². The van der Waals surface area contributed by atoms with E-state index in [1.807, 2.05) is 27.7 Å². The minimum absolute atomic E-state index is 0.0854. The molecule has 2 rings (SSSR count). The van der Waals surface area contributed by atoms with Gasteiger partial charge in [0.05, 0.1) is 16.1 Å². The van der Waals surface area contributed by atoms with Crippen molar-refractivity contribution in [2.45, 2.75) is 59.6 Å². The summed E-state index contributed by atoms with van der Waals surface area (Å²) in [5.74, 6) is 0.382. The highest BCUT2D eigenvalue weighted by Crippen LogP contribution is 2.33. The summed E-state index contributed by atoms with van der Waals surface area (Å²) in [7, 11) is 0.361. The lowest BCUT2D eigenvalue weighted by atomic mass is 9.89. The average Bonchev–Trinajstić information content (AvgIpc) is 3.04. The molecule has 3 N–H and O–H groups in total. The first-order valence-electron chi connectivity index (χ1n) is 12.1. The van der Waals surface area contributed by atoms with Gasteiger partial charge in [0.25, 0.3) is 5.91 Å². The van der Waals surface area contributed by atoms with Crippen LogP contribution in [-0.2, 0) is 29.0 Å². The van der Waals surface area contributed by atoms with Crippen LogP contribution in [0.5, 0.6) is 0 Å². The molecule has 2 aliphatic heterocycles. The quantitative estimate of drug-likeness (QED) is 0.190. The Morgan fingerprint density at radius 1 is 1.08 bits per heavy atom. The number of aliphatic hydroxyl groups excluding tert-OH is 1.